The fourth-order valence-electron chi connectivity index (χ4n) is 3.25. The van der Waals surface area contributed by atoms with Crippen molar-refractivity contribution < 1.29 is 4.79 Å². The number of hydrogen-bond acceptors (Lipinski definition) is 4. The molecule has 0 saturated heterocycles. The molecule has 0 aliphatic carbocycles. The Kier molecular flexibility index (Phi) is 5.97. The number of nitrogens with zero attached hydrogens (tertiary/aromatic N) is 2. The Labute approximate surface area is 179 Å². The summed E-state index contributed by atoms with van der Waals surface area (Å²) in [5.74, 6) is 0.446. The number of thiazole rings is 1. The van der Waals surface area contributed by atoms with Crippen molar-refractivity contribution in [3.05, 3.63) is 89.5 Å². The summed E-state index contributed by atoms with van der Waals surface area (Å²) >= 11 is 3.15. The molecule has 0 atom stereocenters. The van der Waals surface area contributed by atoms with Crippen LogP contribution in [0.15, 0.2) is 77.7 Å². The number of rotatable bonds is 6. The molecule has 0 aliphatic rings. The normalized spacial score (nSPS) is 11.0. The van der Waals surface area contributed by atoms with Crippen LogP contribution in [-0.4, -0.2) is 16.6 Å². The zero-order chi connectivity index (χ0) is 20.2. The van der Waals surface area contributed by atoms with Crippen molar-refractivity contribution in [2.75, 3.05) is 10.7 Å². The number of carbonyl (C=O) groups is 1. The Hall–Kier alpha value is -2.63. The maximum absolute atomic E-state index is 13.2. The van der Waals surface area contributed by atoms with Gasteiger partial charge in [-0.3, -0.25) is 9.69 Å². The van der Waals surface area contributed by atoms with Crippen LogP contribution in [-0.2, 0) is 11.3 Å². The first-order chi connectivity index (χ1) is 14.1. The molecular formula is C24H22N2OS2. The number of benzene rings is 3. The van der Waals surface area contributed by atoms with Crippen molar-refractivity contribution in [2.24, 2.45) is 0 Å². The van der Waals surface area contributed by atoms with E-state index in [2.05, 4.69) is 26.0 Å². The molecule has 0 saturated carbocycles. The summed E-state index contributed by atoms with van der Waals surface area (Å²) in [6, 6.07) is 24.4. The molecule has 3 nitrogen and oxygen atoms in total. The quantitative estimate of drug-likeness (QED) is 0.348. The molecule has 4 aromatic rings. The Morgan fingerprint density at radius 3 is 2.41 bits per heavy atom. The highest BCUT2D eigenvalue weighted by molar-refractivity contribution is 8.00. The summed E-state index contributed by atoms with van der Waals surface area (Å²) in [5, 5.41) is 0.760. The summed E-state index contributed by atoms with van der Waals surface area (Å²) in [6.45, 7) is 4.70. The highest BCUT2D eigenvalue weighted by Gasteiger charge is 2.21. The molecule has 3 aromatic carbocycles. The fraction of sp³-hybridized carbons (Fsp3) is 0.167. The zero-order valence-electron chi connectivity index (χ0n) is 16.5. The predicted molar refractivity (Wildman–Crippen MR) is 124 cm³/mol. The van der Waals surface area contributed by atoms with Gasteiger partial charge in [-0.25, -0.2) is 4.98 Å². The van der Waals surface area contributed by atoms with Gasteiger partial charge in [-0.2, -0.15) is 0 Å². The first-order valence-electron chi connectivity index (χ1n) is 9.50. The Balaban J connectivity index is 1.64. The number of amides is 1. The van der Waals surface area contributed by atoms with Gasteiger partial charge in [-0.05, 0) is 48.7 Å². The van der Waals surface area contributed by atoms with E-state index in [4.69, 9.17) is 4.98 Å². The third-order valence-electron chi connectivity index (χ3n) is 4.63. The van der Waals surface area contributed by atoms with E-state index in [1.165, 1.54) is 11.1 Å². The summed E-state index contributed by atoms with van der Waals surface area (Å²) in [7, 11) is 0. The first kappa shape index (κ1) is 19.7. The van der Waals surface area contributed by atoms with Crippen LogP contribution in [0.4, 0.5) is 5.13 Å². The minimum absolute atomic E-state index is 0.0659. The van der Waals surface area contributed by atoms with Crippen molar-refractivity contribution in [1.29, 1.82) is 0 Å². The van der Waals surface area contributed by atoms with Crippen LogP contribution in [0.1, 0.15) is 16.7 Å². The Morgan fingerprint density at radius 1 is 1.00 bits per heavy atom. The Bertz CT molecular complexity index is 1120. The van der Waals surface area contributed by atoms with Gasteiger partial charge in [0.25, 0.3) is 0 Å². The third-order valence-corrected chi connectivity index (χ3v) is 6.86. The number of aromatic nitrogens is 1. The second-order valence-corrected chi connectivity index (χ2v) is 9.02. The second kappa shape index (κ2) is 8.80. The van der Waals surface area contributed by atoms with Crippen molar-refractivity contribution in [3.63, 3.8) is 0 Å². The summed E-state index contributed by atoms with van der Waals surface area (Å²) in [6.07, 6.45) is 0. The van der Waals surface area contributed by atoms with Crippen LogP contribution in [0.25, 0.3) is 10.2 Å². The molecule has 29 heavy (non-hydrogen) atoms. The van der Waals surface area contributed by atoms with Gasteiger partial charge >= 0.3 is 0 Å². The first-order valence-corrected chi connectivity index (χ1v) is 11.3. The van der Waals surface area contributed by atoms with Gasteiger partial charge < -0.3 is 0 Å². The summed E-state index contributed by atoms with van der Waals surface area (Å²) in [4.78, 5) is 21.0. The lowest BCUT2D eigenvalue weighted by molar-refractivity contribution is -0.116. The van der Waals surface area contributed by atoms with Gasteiger partial charge in [0, 0.05) is 4.90 Å². The van der Waals surface area contributed by atoms with Crippen molar-refractivity contribution in [1.82, 2.24) is 4.98 Å². The van der Waals surface area contributed by atoms with Gasteiger partial charge in [0.2, 0.25) is 5.91 Å². The fourth-order valence-corrected chi connectivity index (χ4v) is 5.08. The van der Waals surface area contributed by atoms with Crippen LogP contribution < -0.4 is 4.90 Å². The smallest absolute Gasteiger partial charge is 0.239 e. The number of fused-ring (bicyclic) bond motifs is 1. The number of anilines is 1. The lowest BCUT2D eigenvalue weighted by Crippen LogP contribution is -2.31. The molecule has 0 spiro atoms. The van der Waals surface area contributed by atoms with Gasteiger partial charge in [-0.1, -0.05) is 65.9 Å². The molecular weight excluding hydrogens is 396 g/mol. The highest BCUT2D eigenvalue weighted by atomic mass is 32.2. The van der Waals surface area contributed by atoms with Gasteiger partial charge in [0.15, 0.2) is 5.13 Å². The molecule has 0 N–H and O–H groups in total. The van der Waals surface area contributed by atoms with E-state index in [1.807, 2.05) is 65.6 Å². The van der Waals surface area contributed by atoms with Gasteiger partial charge in [0.1, 0.15) is 0 Å². The molecule has 0 aliphatic heterocycles. The molecule has 0 bridgehead atoms. The zero-order valence-corrected chi connectivity index (χ0v) is 18.1. The largest absolute Gasteiger partial charge is 0.283 e. The second-order valence-electron chi connectivity index (χ2n) is 6.99. The van der Waals surface area contributed by atoms with Crippen LogP contribution in [0.5, 0.6) is 0 Å². The van der Waals surface area contributed by atoms with E-state index in [0.717, 1.165) is 25.8 Å². The molecule has 1 heterocycles. The van der Waals surface area contributed by atoms with Crippen LogP contribution in [0.2, 0.25) is 0 Å². The van der Waals surface area contributed by atoms with E-state index >= 15 is 0 Å². The lowest BCUT2D eigenvalue weighted by atomic mass is 10.1. The minimum Gasteiger partial charge on any atom is -0.283 e. The molecule has 146 valence electrons. The number of hydrogen-bond donors (Lipinski definition) is 0. The van der Waals surface area contributed by atoms with E-state index < -0.39 is 0 Å². The Morgan fingerprint density at radius 2 is 1.69 bits per heavy atom. The average Bonchev–Trinajstić information content (AvgIpc) is 3.16. The lowest BCUT2D eigenvalue weighted by Gasteiger charge is -2.20. The van der Waals surface area contributed by atoms with E-state index in [9.17, 15) is 4.79 Å². The number of carbonyl (C=O) groups excluding carboxylic acids is 1. The topological polar surface area (TPSA) is 33.2 Å². The standard InChI is InChI=1S/C24H22N2OS2/c1-17-13-18(2)23-21(14-17)25-24(29-23)26(15-19-9-5-3-6-10-19)22(27)16-28-20-11-7-4-8-12-20/h3-14H,15-16H2,1-2H3. The monoisotopic (exact) mass is 418 g/mol. The van der Waals surface area contributed by atoms with Crippen molar-refractivity contribution in [3.8, 4) is 0 Å². The maximum Gasteiger partial charge on any atom is 0.239 e. The molecule has 0 radical (unpaired) electrons. The molecule has 1 amide bonds. The van der Waals surface area contributed by atoms with E-state index in [1.54, 1.807) is 23.1 Å². The maximum atomic E-state index is 13.2. The number of thioether (sulfide) groups is 1. The average molecular weight is 419 g/mol. The summed E-state index contributed by atoms with van der Waals surface area (Å²) in [5.41, 5.74) is 4.45. The van der Waals surface area contributed by atoms with E-state index in [0.29, 0.717) is 12.3 Å². The molecule has 0 fully saturated rings. The van der Waals surface area contributed by atoms with Gasteiger partial charge in [-0.15, -0.1) is 11.8 Å². The molecule has 1 aromatic heterocycles. The molecule has 5 heteroatoms. The molecule has 0 unspecified atom stereocenters. The van der Waals surface area contributed by atoms with E-state index in [-0.39, 0.29) is 5.91 Å². The van der Waals surface area contributed by atoms with Gasteiger partial charge in [0.05, 0.1) is 22.5 Å². The van der Waals surface area contributed by atoms with Crippen LogP contribution in [0, 0.1) is 13.8 Å². The highest BCUT2D eigenvalue weighted by Crippen LogP contribution is 2.33. The van der Waals surface area contributed by atoms with Crippen LogP contribution >= 0.6 is 23.1 Å². The predicted octanol–water partition coefficient (Wildman–Crippen LogP) is 6.24. The third kappa shape index (κ3) is 4.69. The number of aryl methyl sites for hydroxylation is 2. The van der Waals surface area contributed by atoms with Crippen molar-refractivity contribution >= 4 is 44.4 Å². The van der Waals surface area contributed by atoms with Crippen LogP contribution in [0.3, 0.4) is 0 Å². The SMILES string of the molecule is Cc1cc(C)c2sc(N(Cc3ccccc3)C(=O)CSc3ccccc3)nc2c1. The summed E-state index contributed by atoms with van der Waals surface area (Å²) < 4.78 is 1.15. The minimum atomic E-state index is 0.0659. The van der Waals surface area contributed by atoms with Crippen molar-refractivity contribution in [2.45, 2.75) is 25.3 Å². The molecule has 4 rings (SSSR count).